The predicted molar refractivity (Wildman–Crippen MR) is 59.1 cm³/mol. The Morgan fingerprint density at radius 1 is 1.43 bits per heavy atom. The summed E-state index contributed by atoms with van der Waals surface area (Å²) < 4.78 is 0. The molecule has 1 aromatic heterocycles. The highest BCUT2D eigenvalue weighted by Gasteiger charge is 2.15. The summed E-state index contributed by atoms with van der Waals surface area (Å²) in [5.41, 5.74) is 0. The summed E-state index contributed by atoms with van der Waals surface area (Å²) in [7, 11) is 0. The van der Waals surface area contributed by atoms with Crippen molar-refractivity contribution >= 4 is 0 Å². The molecule has 0 amide bonds. The minimum Gasteiger partial charge on any atom is -0.347 e. The van der Waals surface area contributed by atoms with Crippen molar-refractivity contribution in [3.8, 4) is 0 Å². The van der Waals surface area contributed by atoms with Gasteiger partial charge in [0.05, 0.1) is 6.04 Å². The van der Waals surface area contributed by atoms with E-state index in [0.717, 1.165) is 12.2 Å². The van der Waals surface area contributed by atoms with Crippen molar-refractivity contribution in [3.63, 3.8) is 0 Å². The van der Waals surface area contributed by atoms with Crippen LogP contribution in [0, 0.1) is 5.92 Å². The van der Waals surface area contributed by atoms with E-state index in [4.69, 9.17) is 0 Å². The highest BCUT2D eigenvalue weighted by atomic mass is 15.0. The lowest BCUT2D eigenvalue weighted by Crippen LogP contribution is -2.35. The number of nitrogens with one attached hydrogen (secondary N) is 2. The number of nitrogens with zero attached hydrogens (tertiary/aromatic N) is 1. The third-order valence-corrected chi connectivity index (χ3v) is 2.64. The molecular weight excluding hydrogens is 174 g/mol. The molecule has 0 aromatic carbocycles. The largest absolute Gasteiger partial charge is 0.347 e. The summed E-state index contributed by atoms with van der Waals surface area (Å²) in [4.78, 5) is 7.38. The molecule has 0 bridgehead atoms. The Morgan fingerprint density at radius 3 is 2.57 bits per heavy atom. The van der Waals surface area contributed by atoms with Crippen molar-refractivity contribution < 1.29 is 0 Å². The van der Waals surface area contributed by atoms with Crippen LogP contribution in [0.25, 0.3) is 0 Å². The average Bonchev–Trinajstić information content (AvgIpc) is 2.65. The molecule has 14 heavy (non-hydrogen) atoms. The monoisotopic (exact) mass is 195 g/mol. The first kappa shape index (κ1) is 11.2. The number of rotatable bonds is 5. The summed E-state index contributed by atoms with van der Waals surface area (Å²) in [5, 5.41) is 3.57. The fourth-order valence-corrected chi connectivity index (χ4v) is 1.70. The van der Waals surface area contributed by atoms with E-state index in [1.54, 1.807) is 6.20 Å². The van der Waals surface area contributed by atoms with E-state index in [1.165, 1.54) is 0 Å². The van der Waals surface area contributed by atoms with Gasteiger partial charge in [-0.1, -0.05) is 20.8 Å². The van der Waals surface area contributed by atoms with Crippen LogP contribution < -0.4 is 5.32 Å². The molecule has 3 nitrogen and oxygen atoms in total. The average molecular weight is 195 g/mol. The van der Waals surface area contributed by atoms with Gasteiger partial charge in [0.1, 0.15) is 5.82 Å². The molecule has 0 radical (unpaired) electrons. The lowest BCUT2D eigenvalue weighted by Gasteiger charge is -2.24. The Morgan fingerprint density at radius 2 is 2.14 bits per heavy atom. The number of aromatic nitrogens is 2. The fourth-order valence-electron chi connectivity index (χ4n) is 1.70. The SMILES string of the molecule is CCC(NC(C)c1ncc[nH]1)C(C)C. The molecule has 2 N–H and O–H groups in total. The second-order valence-electron chi connectivity index (χ2n) is 4.12. The molecule has 0 fully saturated rings. The Labute approximate surface area is 86.3 Å². The molecule has 0 saturated heterocycles. The minimum absolute atomic E-state index is 0.303. The molecule has 1 rings (SSSR count). The maximum absolute atomic E-state index is 4.24. The zero-order chi connectivity index (χ0) is 10.6. The predicted octanol–water partition coefficient (Wildman–Crippen LogP) is 2.49. The molecule has 0 aliphatic carbocycles. The summed E-state index contributed by atoms with van der Waals surface area (Å²) in [6, 6.07) is 0.868. The molecule has 0 spiro atoms. The number of hydrogen-bond donors (Lipinski definition) is 2. The van der Waals surface area contributed by atoms with Crippen LogP contribution in [0.2, 0.25) is 0 Å². The van der Waals surface area contributed by atoms with Crippen LogP contribution in [-0.2, 0) is 0 Å². The van der Waals surface area contributed by atoms with Crippen LogP contribution in [0.15, 0.2) is 12.4 Å². The van der Waals surface area contributed by atoms with Crippen LogP contribution in [0.1, 0.15) is 46.0 Å². The van der Waals surface area contributed by atoms with Gasteiger partial charge < -0.3 is 10.3 Å². The van der Waals surface area contributed by atoms with Gasteiger partial charge in [0.2, 0.25) is 0 Å². The molecule has 0 saturated carbocycles. The first-order valence-corrected chi connectivity index (χ1v) is 5.40. The highest BCUT2D eigenvalue weighted by Crippen LogP contribution is 2.12. The Bertz CT molecular complexity index is 241. The highest BCUT2D eigenvalue weighted by molar-refractivity contribution is 4.94. The third-order valence-electron chi connectivity index (χ3n) is 2.64. The molecule has 1 heterocycles. The van der Waals surface area contributed by atoms with E-state index in [1.807, 2.05) is 6.20 Å². The second kappa shape index (κ2) is 5.15. The summed E-state index contributed by atoms with van der Waals surface area (Å²) in [5.74, 6) is 1.68. The van der Waals surface area contributed by atoms with Gasteiger partial charge in [-0.2, -0.15) is 0 Å². The van der Waals surface area contributed by atoms with Gasteiger partial charge in [0.25, 0.3) is 0 Å². The van der Waals surface area contributed by atoms with Gasteiger partial charge in [0, 0.05) is 18.4 Å². The topological polar surface area (TPSA) is 40.7 Å². The molecule has 2 unspecified atom stereocenters. The maximum atomic E-state index is 4.24. The number of imidazole rings is 1. The number of aromatic amines is 1. The number of hydrogen-bond acceptors (Lipinski definition) is 2. The van der Waals surface area contributed by atoms with Crippen molar-refractivity contribution in [3.05, 3.63) is 18.2 Å². The van der Waals surface area contributed by atoms with Gasteiger partial charge in [0.15, 0.2) is 0 Å². The van der Waals surface area contributed by atoms with E-state index in [2.05, 4.69) is 43.0 Å². The van der Waals surface area contributed by atoms with Crippen molar-refractivity contribution in [1.82, 2.24) is 15.3 Å². The van der Waals surface area contributed by atoms with E-state index in [-0.39, 0.29) is 0 Å². The third kappa shape index (κ3) is 2.84. The quantitative estimate of drug-likeness (QED) is 0.758. The van der Waals surface area contributed by atoms with Gasteiger partial charge in [-0.15, -0.1) is 0 Å². The fraction of sp³-hybridized carbons (Fsp3) is 0.727. The van der Waals surface area contributed by atoms with Gasteiger partial charge >= 0.3 is 0 Å². The van der Waals surface area contributed by atoms with Crippen molar-refractivity contribution in [2.75, 3.05) is 0 Å². The standard InChI is InChI=1S/C11H21N3/c1-5-10(8(2)3)14-9(4)11-12-6-7-13-11/h6-10,14H,5H2,1-4H3,(H,12,13). The Kier molecular flexibility index (Phi) is 4.14. The molecule has 0 aliphatic heterocycles. The lowest BCUT2D eigenvalue weighted by atomic mass is 10.0. The number of H-pyrrole nitrogens is 1. The van der Waals surface area contributed by atoms with Crippen molar-refractivity contribution in [2.45, 2.75) is 46.2 Å². The van der Waals surface area contributed by atoms with E-state index in [0.29, 0.717) is 18.0 Å². The Hall–Kier alpha value is -0.830. The molecular formula is C11H21N3. The van der Waals surface area contributed by atoms with Crippen LogP contribution in [-0.4, -0.2) is 16.0 Å². The van der Waals surface area contributed by atoms with Gasteiger partial charge in [-0.25, -0.2) is 4.98 Å². The second-order valence-corrected chi connectivity index (χ2v) is 4.12. The minimum atomic E-state index is 0.303. The van der Waals surface area contributed by atoms with Crippen molar-refractivity contribution in [2.24, 2.45) is 5.92 Å². The van der Waals surface area contributed by atoms with Crippen molar-refractivity contribution in [1.29, 1.82) is 0 Å². The molecule has 0 aliphatic rings. The van der Waals surface area contributed by atoms with Gasteiger partial charge in [-0.05, 0) is 19.3 Å². The summed E-state index contributed by atoms with van der Waals surface area (Å²) in [6.45, 7) is 8.85. The summed E-state index contributed by atoms with van der Waals surface area (Å²) in [6.07, 6.45) is 4.82. The van der Waals surface area contributed by atoms with Crippen LogP contribution in [0.3, 0.4) is 0 Å². The molecule has 1 aromatic rings. The van der Waals surface area contributed by atoms with Crippen LogP contribution >= 0.6 is 0 Å². The summed E-state index contributed by atoms with van der Waals surface area (Å²) >= 11 is 0. The van der Waals surface area contributed by atoms with E-state index < -0.39 is 0 Å². The zero-order valence-corrected chi connectivity index (χ0v) is 9.54. The lowest BCUT2D eigenvalue weighted by molar-refractivity contribution is 0.350. The molecule has 80 valence electrons. The normalized spacial score (nSPS) is 15.8. The zero-order valence-electron chi connectivity index (χ0n) is 9.54. The van der Waals surface area contributed by atoms with E-state index in [9.17, 15) is 0 Å². The first-order valence-electron chi connectivity index (χ1n) is 5.40. The van der Waals surface area contributed by atoms with Gasteiger partial charge in [-0.3, -0.25) is 0 Å². The Balaban J connectivity index is 2.51. The van der Waals surface area contributed by atoms with Crippen LogP contribution in [0.5, 0.6) is 0 Å². The maximum Gasteiger partial charge on any atom is 0.122 e. The molecule has 2 atom stereocenters. The first-order chi connectivity index (χ1) is 6.65. The molecule has 3 heteroatoms. The van der Waals surface area contributed by atoms with Crippen LogP contribution in [0.4, 0.5) is 0 Å². The smallest absolute Gasteiger partial charge is 0.122 e. The van der Waals surface area contributed by atoms with E-state index >= 15 is 0 Å².